The van der Waals surface area contributed by atoms with Crippen LogP contribution in [0.2, 0.25) is 0 Å². The van der Waals surface area contributed by atoms with Crippen molar-refractivity contribution in [1.82, 2.24) is 15.2 Å². The van der Waals surface area contributed by atoms with Crippen LogP contribution in [0.15, 0.2) is 22.9 Å². The molecule has 2 aromatic heterocycles. The van der Waals surface area contributed by atoms with Crippen LogP contribution in [0, 0.1) is 5.82 Å². The maximum Gasteiger partial charge on any atom is 0.322 e. The molecule has 1 aliphatic rings. The zero-order valence-corrected chi connectivity index (χ0v) is 9.26. The molecule has 0 saturated heterocycles. The molecule has 0 unspecified atom stereocenters. The SMILES string of the molecule is O=C(Nc1nnc(C2CC2)o1)c1ccncc1F. The number of carbonyl (C=O) groups excluding carboxylic acids is 1. The first-order valence-corrected chi connectivity index (χ1v) is 5.48. The summed E-state index contributed by atoms with van der Waals surface area (Å²) in [6.45, 7) is 0. The summed E-state index contributed by atoms with van der Waals surface area (Å²) in [6, 6.07) is 1.26. The van der Waals surface area contributed by atoms with Gasteiger partial charge in [0.25, 0.3) is 5.91 Å². The minimum Gasteiger partial charge on any atom is -0.408 e. The summed E-state index contributed by atoms with van der Waals surface area (Å²) >= 11 is 0. The lowest BCUT2D eigenvalue weighted by Gasteiger charge is -2.00. The Hall–Kier alpha value is -2.31. The number of nitrogens with one attached hydrogen (secondary N) is 1. The van der Waals surface area contributed by atoms with Gasteiger partial charge in [-0.25, -0.2) is 4.39 Å². The van der Waals surface area contributed by atoms with Crippen molar-refractivity contribution in [3.05, 3.63) is 35.7 Å². The second-order valence-electron chi connectivity index (χ2n) is 4.03. The third-order valence-electron chi connectivity index (χ3n) is 2.60. The number of amides is 1. The Morgan fingerprint density at radius 2 is 2.28 bits per heavy atom. The quantitative estimate of drug-likeness (QED) is 0.894. The summed E-state index contributed by atoms with van der Waals surface area (Å²) in [4.78, 5) is 15.3. The Labute approximate surface area is 101 Å². The monoisotopic (exact) mass is 248 g/mol. The maximum absolute atomic E-state index is 13.3. The Bertz CT molecular complexity index is 594. The Balaban J connectivity index is 1.75. The van der Waals surface area contributed by atoms with Gasteiger partial charge in [-0.3, -0.25) is 15.1 Å². The smallest absolute Gasteiger partial charge is 0.322 e. The number of aromatic nitrogens is 3. The molecule has 2 heterocycles. The number of halogens is 1. The van der Waals surface area contributed by atoms with Gasteiger partial charge in [0, 0.05) is 12.1 Å². The van der Waals surface area contributed by atoms with Gasteiger partial charge in [-0.2, -0.15) is 0 Å². The minimum atomic E-state index is -0.697. The molecule has 1 saturated carbocycles. The summed E-state index contributed by atoms with van der Waals surface area (Å²) in [5.41, 5.74) is -0.115. The van der Waals surface area contributed by atoms with Gasteiger partial charge in [0.2, 0.25) is 5.89 Å². The third-order valence-corrected chi connectivity index (χ3v) is 2.60. The van der Waals surface area contributed by atoms with E-state index in [0.29, 0.717) is 11.8 Å². The average molecular weight is 248 g/mol. The van der Waals surface area contributed by atoms with Crippen molar-refractivity contribution in [2.75, 3.05) is 5.32 Å². The highest BCUT2D eigenvalue weighted by Crippen LogP contribution is 2.39. The molecule has 1 aliphatic carbocycles. The molecule has 3 rings (SSSR count). The molecule has 0 spiro atoms. The lowest BCUT2D eigenvalue weighted by Crippen LogP contribution is -2.14. The molecule has 1 N–H and O–H groups in total. The van der Waals surface area contributed by atoms with E-state index in [-0.39, 0.29) is 11.6 Å². The highest BCUT2D eigenvalue weighted by molar-refractivity contribution is 6.03. The third kappa shape index (κ3) is 2.06. The number of carbonyl (C=O) groups is 1. The Morgan fingerprint density at radius 3 is 3.00 bits per heavy atom. The number of hydrogen-bond donors (Lipinski definition) is 1. The van der Waals surface area contributed by atoms with Crippen molar-refractivity contribution in [3.8, 4) is 0 Å². The summed E-state index contributed by atoms with van der Waals surface area (Å²) < 4.78 is 18.5. The molecule has 18 heavy (non-hydrogen) atoms. The van der Waals surface area contributed by atoms with Gasteiger partial charge in [0.15, 0.2) is 5.82 Å². The molecule has 0 aliphatic heterocycles. The predicted octanol–water partition coefficient (Wildman–Crippen LogP) is 1.73. The van der Waals surface area contributed by atoms with E-state index in [9.17, 15) is 9.18 Å². The van der Waals surface area contributed by atoms with Crippen LogP contribution in [0.3, 0.4) is 0 Å². The van der Waals surface area contributed by atoms with Gasteiger partial charge >= 0.3 is 6.01 Å². The van der Waals surface area contributed by atoms with E-state index in [2.05, 4.69) is 20.5 Å². The molecule has 0 atom stereocenters. The van der Waals surface area contributed by atoms with E-state index in [1.54, 1.807) is 0 Å². The highest BCUT2D eigenvalue weighted by atomic mass is 19.1. The molecule has 1 amide bonds. The molecule has 0 radical (unpaired) electrons. The molecule has 1 fully saturated rings. The van der Waals surface area contributed by atoms with Crippen molar-refractivity contribution in [1.29, 1.82) is 0 Å². The van der Waals surface area contributed by atoms with Crippen molar-refractivity contribution < 1.29 is 13.6 Å². The second kappa shape index (κ2) is 4.17. The molecule has 7 heteroatoms. The van der Waals surface area contributed by atoms with Crippen LogP contribution in [-0.4, -0.2) is 21.1 Å². The minimum absolute atomic E-state index is 0.0156. The highest BCUT2D eigenvalue weighted by Gasteiger charge is 2.29. The van der Waals surface area contributed by atoms with Crippen LogP contribution < -0.4 is 5.32 Å². The molecular formula is C11H9FN4O2. The standard InChI is InChI=1S/C11H9FN4O2/c12-8-5-13-4-3-7(8)9(17)14-11-16-15-10(18-11)6-1-2-6/h3-6H,1-2H2,(H,14,16,17). The van der Waals surface area contributed by atoms with Gasteiger partial charge in [-0.05, 0) is 18.9 Å². The van der Waals surface area contributed by atoms with Gasteiger partial charge in [0.05, 0.1) is 11.8 Å². The first kappa shape index (κ1) is 10.8. The molecule has 6 nitrogen and oxygen atoms in total. The van der Waals surface area contributed by atoms with E-state index < -0.39 is 11.7 Å². The van der Waals surface area contributed by atoms with Crippen LogP contribution in [0.5, 0.6) is 0 Å². The van der Waals surface area contributed by atoms with Gasteiger partial charge in [-0.15, -0.1) is 5.10 Å². The largest absolute Gasteiger partial charge is 0.408 e. The zero-order valence-electron chi connectivity index (χ0n) is 9.26. The lowest BCUT2D eigenvalue weighted by atomic mass is 10.2. The average Bonchev–Trinajstić information content (AvgIpc) is 3.11. The molecule has 0 aromatic carbocycles. The fraction of sp³-hybridized carbons (Fsp3) is 0.273. The fourth-order valence-corrected chi connectivity index (χ4v) is 1.50. The van der Waals surface area contributed by atoms with Crippen molar-refractivity contribution in [2.24, 2.45) is 0 Å². The second-order valence-corrected chi connectivity index (χ2v) is 4.03. The van der Waals surface area contributed by atoms with Gasteiger partial charge in [-0.1, -0.05) is 5.10 Å². The van der Waals surface area contributed by atoms with Crippen LogP contribution >= 0.6 is 0 Å². The van der Waals surface area contributed by atoms with Gasteiger partial charge in [0.1, 0.15) is 0 Å². The Kier molecular flexibility index (Phi) is 2.51. The van der Waals surface area contributed by atoms with Crippen molar-refractivity contribution in [3.63, 3.8) is 0 Å². The van der Waals surface area contributed by atoms with E-state index in [0.717, 1.165) is 19.0 Å². The first-order chi connectivity index (χ1) is 8.74. The van der Waals surface area contributed by atoms with E-state index >= 15 is 0 Å². The van der Waals surface area contributed by atoms with E-state index in [1.165, 1.54) is 12.3 Å². The number of nitrogens with zero attached hydrogens (tertiary/aromatic N) is 3. The topological polar surface area (TPSA) is 80.9 Å². The van der Waals surface area contributed by atoms with Gasteiger partial charge < -0.3 is 4.42 Å². The van der Waals surface area contributed by atoms with E-state index in [4.69, 9.17) is 4.42 Å². The molecule has 92 valence electrons. The fourth-order valence-electron chi connectivity index (χ4n) is 1.50. The van der Waals surface area contributed by atoms with Crippen LogP contribution in [-0.2, 0) is 0 Å². The summed E-state index contributed by atoms with van der Waals surface area (Å²) in [7, 11) is 0. The lowest BCUT2D eigenvalue weighted by molar-refractivity contribution is 0.102. The van der Waals surface area contributed by atoms with Crippen LogP contribution in [0.1, 0.15) is 35.0 Å². The number of pyridine rings is 1. The number of hydrogen-bond acceptors (Lipinski definition) is 5. The van der Waals surface area contributed by atoms with Crippen LogP contribution in [0.4, 0.5) is 10.4 Å². The Morgan fingerprint density at radius 1 is 1.44 bits per heavy atom. The zero-order chi connectivity index (χ0) is 12.5. The molecular weight excluding hydrogens is 239 g/mol. The number of rotatable bonds is 3. The molecule has 0 bridgehead atoms. The first-order valence-electron chi connectivity index (χ1n) is 5.48. The van der Waals surface area contributed by atoms with Crippen LogP contribution in [0.25, 0.3) is 0 Å². The number of anilines is 1. The maximum atomic E-state index is 13.3. The summed E-state index contributed by atoms with van der Waals surface area (Å²) in [6.07, 6.45) is 4.35. The predicted molar refractivity (Wildman–Crippen MR) is 58.4 cm³/mol. The molecule has 2 aromatic rings. The van der Waals surface area contributed by atoms with Crippen molar-refractivity contribution in [2.45, 2.75) is 18.8 Å². The summed E-state index contributed by atoms with van der Waals surface area (Å²) in [5, 5.41) is 9.85. The normalized spacial score (nSPS) is 14.5. The summed E-state index contributed by atoms with van der Waals surface area (Å²) in [5.74, 6) is -0.515. The van der Waals surface area contributed by atoms with Crippen molar-refractivity contribution >= 4 is 11.9 Å². The van der Waals surface area contributed by atoms with E-state index in [1.807, 2.05) is 0 Å².